The number of aryl methyl sites for hydroxylation is 1. The molecular formula is C17H28BrNS. The van der Waals surface area contributed by atoms with Crippen LogP contribution >= 0.6 is 27.3 Å². The number of rotatable bonds is 6. The van der Waals surface area contributed by atoms with Gasteiger partial charge in [-0.05, 0) is 54.2 Å². The number of halogens is 1. The minimum Gasteiger partial charge on any atom is -0.309 e. The molecule has 1 N–H and O–H groups in total. The Bertz CT molecular complexity index is 394. The molecule has 0 spiro atoms. The molecule has 1 saturated carbocycles. The standard InChI is InChI=1S/C17H28BrNS/c1-3-10-19-16(17-15(18)11-13(2)20-17)12-14-8-6-4-5-7-9-14/h11,14,16,19H,3-10,12H2,1-2H3. The summed E-state index contributed by atoms with van der Waals surface area (Å²) in [7, 11) is 0. The highest BCUT2D eigenvalue weighted by Gasteiger charge is 2.22. The third kappa shape index (κ3) is 4.85. The van der Waals surface area contributed by atoms with Crippen LogP contribution < -0.4 is 5.32 Å². The van der Waals surface area contributed by atoms with Crippen molar-refractivity contribution in [3.8, 4) is 0 Å². The molecule has 0 amide bonds. The quantitative estimate of drug-likeness (QED) is 0.595. The van der Waals surface area contributed by atoms with E-state index in [4.69, 9.17) is 0 Å². The third-order valence-corrected chi connectivity index (χ3v) is 6.42. The lowest BCUT2D eigenvalue weighted by Crippen LogP contribution is -2.24. The monoisotopic (exact) mass is 357 g/mol. The van der Waals surface area contributed by atoms with E-state index >= 15 is 0 Å². The Balaban J connectivity index is 2.04. The topological polar surface area (TPSA) is 12.0 Å². The van der Waals surface area contributed by atoms with Crippen LogP contribution in [0, 0.1) is 12.8 Å². The number of thiophene rings is 1. The Morgan fingerprint density at radius 2 is 2.00 bits per heavy atom. The molecule has 1 unspecified atom stereocenters. The van der Waals surface area contributed by atoms with Crippen LogP contribution in [0.15, 0.2) is 10.5 Å². The molecule has 20 heavy (non-hydrogen) atoms. The lowest BCUT2D eigenvalue weighted by molar-refractivity contribution is 0.358. The molecule has 0 bridgehead atoms. The zero-order valence-corrected chi connectivity index (χ0v) is 15.3. The van der Waals surface area contributed by atoms with Gasteiger partial charge in [0.25, 0.3) is 0 Å². The number of hydrogen-bond donors (Lipinski definition) is 1. The van der Waals surface area contributed by atoms with Gasteiger partial charge in [0, 0.05) is 20.3 Å². The van der Waals surface area contributed by atoms with E-state index in [0.717, 1.165) is 12.5 Å². The van der Waals surface area contributed by atoms with Crippen molar-refractivity contribution in [2.24, 2.45) is 5.92 Å². The van der Waals surface area contributed by atoms with Gasteiger partial charge in [0.1, 0.15) is 0 Å². The molecule has 1 atom stereocenters. The second-order valence-corrected chi connectivity index (χ2v) is 8.31. The maximum Gasteiger partial charge on any atom is 0.0428 e. The van der Waals surface area contributed by atoms with Gasteiger partial charge in [0.2, 0.25) is 0 Å². The lowest BCUT2D eigenvalue weighted by atomic mass is 9.92. The number of nitrogens with one attached hydrogen (secondary N) is 1. The highest BCUT2D eigenvalue weighted by molar-refractivity contribution is 9.10. The molecule has 0 aromatic carbocycles. The van der Waals surface area contributed by atoms with E-state index in [2.05, 4.69) is 41.2 Å². The molecule has 1 nitrogen and oxygen atoms in total. The highest BCUT2D eigenvalue weighted by Crippen LogP contribution is 2.37. The van der Waals surface area contributed by atoms with Crippen molar-refractivity contribution >= 4 is 27.3 Å². The van der Waals surface area contributed by atoms with Crippen LogP contribution in [0.1, 0.15) is 74.1 Å². The second kappa shape index (κ2) is 8.55. The molecule has 3 heteroatoms. The van der Waals surface area contributed by atoms with E-state index in [9.17, 15) is 0 Å². The largest absolute Gasteiger partial charge is 0.309 e. The van der Waals surface area contributed by atoms with Gasteiger partial charge in [-0.25, -0.2) is 0 Å². The Kier molecular flexibility index (Phi) is 7.06. The molecule has 1 aliphatic rings. The SMILES string of the molecule is CCCNC(CC1CCCCCC1)c1sc(C)cc1Br. The fourth-order valence-electron chi connectivity index (χ4n) is 3.27. The summed E-state index contributed by atoms with van der Waals surface area (Å²) in [6.07, 6.45) is 11.2. The normalized spacial score (nSPS) is 18.9. The predicted octanol–water partition coefficient (Wildman–Crippen LogP) is 6.22. The van der Waals surface area contributed by atoms with Gasteiger partial charge in [0.05, 0.1) is 0 Å². The van der Waals surface area contributed by atoms with Crippen molar-refractivity contribution in [2.75, 3.05) is 6.54 Å². The summed E-state index contributed by atoms with van der Waals surface area (Å²) >= 11 is 5.72. The van der Waals surface area contributed by atoms with Crippen molar-refractivity contribution in [3.05, 3.63) is 20.3 Å². The average molecular weight is 358 g/mol. The molecule has 2 rings (SSSR count). The van der Waals surface area contributed by atoms with Gasteiger partial charge in [0.15, 0.2) is 0 Å². The van der Waals surface area contributed by atoms with E-state index < -0.39 is 0 Å². The maximum atomic E-state index is 3.79. The Morgan fingerprint density at radius 3 is 2.55 bits per heavy atom. The van der Waals surface area contributed by atoms with Gasteiger partial charge < -0.3 is 5.32 Å². The molecule has 1 aromatic rings. The highest BCUT2D eigenvalue weighted by atomic mass is 79.9. The van der Waals surface area contributed by atoms with Crippen molar-refractivity contribution in [1.82, 2.24) is 5.32 Å². The van der Waals surface area contributed by atoms with Crippen LogP contribution in [0.4, 0.5) is 0 Å². The van der Waals surface area contributed by atoms with Gasteiger partial charge in [-0.15, -0.1) is 11.3 Å². The minimum absolute atomic E-state index is 0.547. The van der Waals surface area contributed by atoms with E-state index in [1.807, 2.05) is 11.3 Å². The van der Waals surface area contributed by atoms with Crippen LogP contribution in [0.5, 0.6) is 0 Å². The molecule has 1 heterocycles. The lowest BCUT2D eigenvalue weighted by Gasteiger charge is -2.23. The maximum absolute atomic E-state index is 3.79. The molecule has 1 aliphatic carbocycles. The minimum atomic E-state index is 0.547. The van der Waals surface area contributed by atoms with Crippen LogP contribution in [-0.4, -0.2) is 6.54 Å². The van der Waals surface area contributed by atoms with Crippen molar-refractivity contribution in [3.63, 3.8) is 0 Å². The summed E-state index contributed by atoms with van der Waals surface area (Å²) in [5.74, 6) is 0.918. The first-order valence-corrected chi connectivity index (χ1v) is 9.81. The fourth-order valence-corrected chi connectivity index (χ4v) is 5.29. The van der Waals surface area contributed by atoms with Gasteiger partial charge in [-0.3, -0.25) is 0 Å². The summed E-state index contributed by atoms with van der Waals surface area (Å²) in [4.78, 5) is 2.93. The van der Waals surface area contributed by atoms with E-state index in [0.29, 0.717) is 6.04 Å². The molecule has 0 saturated heterocycles. The first-order valence-electron chi connectivity index (χ1n) is 8.20. The van der Waals surface area contributed by atoms with Crippen LogP contribution in [-0.2, 0) is 0 Å². The second-order valence-electron chi connectivity index (χ2n) is 6.17. The average Bonchev–Trinajstić information content (AvgIpc) is 2.64. The molecule has 1 fully saturated rings. The summed E-state index contributed by atoms with van der Waals surface area (Å²) in [6.45, 7) is 5.59. The molecule has 1 aromatic heterocycles. The third-order valence-electron chi connectivity index (χ3n) is 4.34. The Hall–Kier alpha value is 0.140. The predicted molar refractivity (Wildman–Crippen MR) is 93.6 cm³/mol. The van der Waals surface area contributed by atoms with Crippen LogP contribution in [0.3, 0.4) is 0 Å². The van der Waals surface area contributed by atoms with E-state index in [-0.39, 0.29) is 0 Å². The van der Waals surface area contributed by atoms with Crippen molar-refractivity contribution in [2.45, 2.75) is 71.3 Å². The van der Waals surface area contributed by atoms with Gasteiger partial charge >= 0.3 is 0 Å². The molecular weight excluding hydrogens is 330 g/mol. The van der Waals surface area contributed by atoms with E-state index in [1.165, 1.54) is 65.6 Å². The fraction of sp³-hybridized carbons (Fsp3) is 0.765. The Labute approximate surface area is 136 Å². The first-order chi connectivity index (χ1) is 9.70. The van der Waals surface area contributed by atoms with Gasteiger partial charge in [-0.2, -0.15) is 0 Å². The number of hydrogen-bond acceptors (Lipinski definition) is 2. The zero-order chi connectivity index (χ0) is 14.4. The smallest absolute Gasteiger partial charge is 0.0428 e. The van der Waals surface area contributed by atoms with E-state index in [1.54, 1.807) is 0 Å². The molecule has 114 valence electrons. The summed E-state index contributed by atoms with van der Waals surface area (Å²) in [6, 6.07) is 2.82. The van der Waals surface area contributed by atoms with Crippen LogP contribution in [0.25, 0.3) is 0 Å². The van der Waals surface area contributed by atoms with Crippen molar-refractivity contribution in [1.29, 1.82) is 0 Å². The first kappa shape index (κ1) is 16.5. The van der Waals surface area contributed by atoms with Gasteiger partial charge in [-0.1, -0.05) is 45.4 Å². The summed E-state index contributed by atoms with van der Waals surface area (Å²) in [5.41, 5.74) is 0. The van der Waals surface area contributed by atoms with Crippen molar-refractivity contribution < 1.29 is 0 Å². The summed E-state index contributed by atoms with van der Waals surface area (Å²) < 4.78 is 1.31. The zero-order valence-electron chi connectivity index (χ0n) is 12.9. The van der Waals surface area contributed by atoms with Crippen LogP contribution in [0.2, 0.25) is 0 Å². The Morgan fingerprint density at radius 1 is 1.30 bits per heavy atom. The molecule has 0 aliphatic heterocycles. The molecule has 0 radical (unpaired) electrons. The summed E-state index contributed by atoms with van der Waals surface area (Å²) in [5, 5.41) is 3.79.